The fourth-order valence-corrected chi connectivity index (χ4v) is 1.88. The van der Waals surface area contributed by atoms with Crippen molar-refractivity contribution in [2.75, 3.05) is 6.54 Å². The number of benzene rings is 1. The van der Waals surface area contributed by atoms with E-state index in [0.717, 1.165) is 25.4 Å². The molecule has 1 aromatic rings. The molecule has 0 atom stereocenters. The Morgan fingerprint density at radius 2 is 2.25 bits per heavy atom. The fraction of sp³-hybridized carbons (Fsp3) is 0.467. The predicted molar refractivity (Wildman–Crippen MR) is 68.2 cm³/mol. The van der Waals surface area contributed by atoms with E-state index in [1.54, 1.807) is 0 Å². The summed E-state index contributed by atoms with van der Waals surface area (Å²) in [6.45, 7) is 3.83. The highest BCUT2D eigenvalue weighted by Crippen LogP contribution is 2.40. The lowest BCUT2D eigenvalue weighted by Gasteiger charge is -2.05. The molecular formula is C15H19N. The largest absolute Gasteiger partial charge is 0.312 e. The highest BCUT2D eigenvalue weighted by molar-refractivity contribution is 5.29. The summed E-state index contributed by atoms with van der Waals surface area (Å²) < 4.78 is 0. The van der Waals surface area contributed by atoms with Crippen LogP contribution in [0.1, 0.15) is 43.2 Å². The first-order chi connectivity index (χ1) is 7.90. The van der Waals surface area contributed by atoms with Crippen LogP contribution in [-0.4, -0.2) is 6.54 Å². The Labute approximate surface area is 98.3 Å². The van der Waals surface area contributed by atoms with Crippen LogP contribution in [-0.2, 0) is 6.54 Å². The molecule has 84 valence electrons. The van der Waals surface area contributed by atoms with Crippen molar-refractivity contribution >= 4 is 0 Å². The average molecular weight is 213 g/mol. The summed E-state index contributed by atoms with van der Waals surface area (Å²) in [7, 11) is 0. The molecule has 1 N–H and O–H groups in total. The van der Waals surface area contributed by atoms with Crippen LogP contribution in [0.4, 0.5) is 0 Å². The molecular weight excluding hydrogens is 194 g/mol. The second-order valence-corrected chi connectivity index (χ2v) is 4.37. The number of rotatable bonds is 5. The zero-order valence-corrected chi connectivity index (χ0v) is 9.92. The van der Waals surface area contributed by atoms with Gasteiger partial charge in [-0.1, -0.05) is 24.3 Å². The molecule has 0 saturated heterocycles. The zero-order chi connectivity index (χ0) is 11.2. The lowest BCUT2D eigenvalue weighted by atomic mass is 10.1. The Morgan fingerprint density at radius 3 is 3.00 bits per heavy atom. The second kappa shape index (κ2) is 5.72. The van der Waals surface area contributed by atoms with E-state index in [1.165, 1.54) is 24.0 Å². The van der Waals surface area contributed by atoms with Crippen molar-refractivity contribution in [3.8, 4) is 11.8 Å². The zero-order valence-electron chi connectivity index (χ0n) is 9.92. The molecule has 1 fully saturated rings. The van der Waals surface area contributed by atoms with Gasteiger partial charge in [-0.3, -0.25) is 0 Å². The Bertz CT molecular complexity index is 393. The van der Waals surface area contributed by atoms with E-state index in [1.807, 2.05) is 6.92 Å². The van der Waals surface area contributed by atoms with E-state index in [-0.39, 0.29) is 0 Å². The summed E-state index contributed by atoms with van der Waals surface area (Å²) in [6, 6.07) is 8.97. The quantitative estimate of drug-likeness (QED) is 0.585. The molecule has 1 saturated carbocycles. The smallest absolute Gasteiger partial charge is 0.0214 e. The van der Waals surface area contributed by atoms with Crippen LogP contribution < -0.4 is 5.32 Å². The van der Waals surface area contributed by atoms with Crippen LogP contribution in [0.2, 0.25) is 0 Å². The van der Waals surface area contributed by atoms with E-state index in [2.05, 4.69) is 41.4 Å². The van der Waals surface area contributed by atoms with Gasteiger partial charge in [0.2, 0.25) is 0 Å². The molecule has 0 aromatic heterocycles. The minimum atomic E-state index is 0.853. The molecule has 1 nitrogen and oxygen atoms in total. The van der Waals surface area contributed by atoms with Crippen molar-refractivity contribution in [1.29, 1.82) is 0 Å². The number of hydrogen-bond acceptors (Lipinski definition) is 1. The topological polar surface area (TPSA) is 12.0 Å². The van der Waals surface area contributed by atoms with E-state index in [0.29, 0.717) is 0 Å². The number of hydrogen-bond donors (Lipinski definition) is 1. The Kier molecular flexibility index (Phi) is 4.02. The third kappa shape index (κ3) is 3.40. The minimum absolute atomic E-state index is 0.853. The lowest BCUT2D eigenvalue weighted by Crippen LogP contribution is -2.14. The molecule has 0 amide bonds. The minimum Gasteiger partial charge on any atom is -0.312 e. The molecule has 16 heavy (non-hydrogen) atoms. The van der Waals surface area contributed by atoms with E-state index >= 15 is 0 Å². The molecule has 1 aliphatic carbocycles. The van der Waals surface area contributed by atoms with Gasteiger partial charge in [-0.2, -0.15) is 0 Å². The van der Waals surface area contributed by atoms with Gasteiger partial charge in [-0.05, 0) is 36.8 Å². The van der Waals surface area contributed by atoms with Crippen molar-refractivity contribution in [1.82, 2.24) is 5.32 Å². The van der Waals surface area contributed by atoms with Crippen LogP contribution in [0.15, 0.2) is 24.3 Å². The first kappa shape index (κ1) is 11.2. The third-order valence-electron chi connectivity index (χ3n) is 2.93. The second-order valence-electron chi connectivity index (χ2n) is 4.37. The molecule has 0 bridgehead atoms. The maximum atomic E-state index is 3.42. The van der Waals surface area contributed by atoms with Crippen molar-refractivity contribution < 1.29 is 0 Å². The Morgan fingerprint density at radius 1 is 1.38 bits per heavy atom. The number of nitrogens with one attached hydrogen (secondary N) is 1. The molecule has 1 aromatic carbocycles. The lowest BCUT2D eigenvalue weighted by molar-refractivity contribution is 0.700. The first-order valence-electron chi connectivity index (χ1n) is 6.09. The van der Waals surface area contributed by atoms with Crippen molar-refractivity contribution in [2.24, 2.45) is 0 Å². The summed E-state index contributed by atoms with van der Waals surface area (Å²) in [4.78, 5) is 0. The maximum absolute atomic E-state index is 3.42. The van der Waals surface area contributed by atoms with Gasteiger partial charge in [0, 0.05) is 19.5 Å². The standard InChI is InChI=1S/C15H19N/c1-2-3-4-10-16-12-13-6-5-7-15(11-13)14-8-9-14/h5-7,11,14,16H,4,8-10,12H2,1H3. The maximum Gasteiger partial charge on any atom is 0.0214 e. The highest BCUT2D eigenvalue weighted by Gasteiger charge is 2.23. The van der Waals surface area contributed by atoms with Crippen molar-refractivity contribution in [2.45, 2.75) is 38.6 Å². The summed E-state index contributed by atoms with van der Waals surface area (Å²) in [5.41, 5.74) is 2.92. The van der Waals surface area contributed by atoms with Gasteiger partial charge in [0.05, 0.1) is 0 Å². The van der Waals surface area contributed by atoms with Gasteiger partial charge in [0.15, 0.2) is 0 Å². The van der Waals surface area contributed by atoms with E-state index in [9.17, 15) is 0 Å². The van der Waals surface area contributed by atoms with E-state index in [4.69, 9.17) is 0 Å². The molecule has 0 radical (unpaired) electrons. The SMILES string of the molecule is CC#CCCNCc1cccc(C2CC2)c1. The molecule has 1 heteroatoms. The van der Waals surface area contributed by atoms with Crippen LogP contribution in [0.25, 0.3) is 0 Å². The van der Waals surface area contributed by atoms with Gasteiger partial charge >= 0.3 is 0 Å². The van der Waals surface area contributed by atoms with Gasteiger partial charge in [0.1, 0.15) is 0 Å². The van der Waals surface area contributed by atoms with Gasteiger partial charge < -0.3 is 5.32 Å². The summed E-state index contributed by atoms with van der Waals surface area (Å²) in [6.07, 6.45) is 3.70. The summed E-state index contributed by atoms with van der Waals surface area (Å²) >= 11 is 0. The van der Waals surface area contributed by atoms with Crippen LogP contribution >= 0.6 is 0 Å². The molecule has 0 spiro atoms. The monoisotopic (exact) mass is 213 g/mol. The molecule has 0 unspecified atom stereocenters. The summed E-state index contributed by atoms with van der Waals surface area (Å²) in [5, 5.41) is 3.42. The Balaban J connectivity index is 1.79. The van der Waals surface area contributed by atoms with Gasteiger partial charge in [-0.15, -0.1) is 11.8 Å². The van der Waals surface area contributed by atoms with Crippen LogP contribution in [0, 0.1) is 11.8 Å². The van der Waals surface area contributed by atoms with E-state index < -0.39 is 0 Å². The van der Waals surface area contributed by atoms with Crippen LogP contribution in [0.3, 0.4) is 0 Å². The van der Waals surface area contributed by atoms with Crippen molar-refractivity contribution in [3.05, 3.63) is 35.4 Å². The third-order valence-corrected chi connectivity index (χ3v) is 2.93. The van der Waals surface area contributed by atoms with Gasteiger partial charge in [-0.25, -0.2) is 0 Å². The molecule has 1 aliphatic rings. The predicted octanol–water partition coefficient (Wildman–Crippen LogP) is 3.07. The molecule has 0 heterocycles. The van der Waals surface area contributed by atoms with Crippen molar-refractivity contribution in [3.63, 3.8) is 0 Å². The van der Waals surface area contributed by atoms with Crippen LogP contribution in [0.5, 0.6) is 0 Å². The average Bonchev–Trinajstić information content (AvgIpc) is 3.13. The summed E-state index contributed by atoms with van der Waals surface area (Å²) in [5.74, 6) is 6.82. The van der Waals surface area contributed by atoms with Gasteiger partial charge in [0.25, 0.3) is 0 Å². The normalized spacial score (nSPS) is 14.3. The molecule has 0 aliphatic heterocycles. The highest BCUT2D eigenvalue weighted by atomic mass is 14.8. The molecule has 2 rings (SSSR count). The first-order valence-corrected chi connectivity index (χ1v) is 6.09. The Hall–Kier alpha value is -1.26. The fourth-order valence-electron chi connectivity index (χ4n) is 1.88.